The largest absolute Gasteiger partial charge is 0.493 e. The van der Waals surface area contributed by atoms with Crippen LogP contribution in [0.15, 0.2) is 41.4 Å². The molecule has 112 valence electrons. The highest BCUT2D eigenvalue weighted by atomic mass is 32.2. The van der Waals surface area contributed by atoms with E-state index in [2.05, 4.69) is 14.9 Å². The second-order valence-corrected chi connectivity index (χ2v) is 5.72. The Morgan fingerprint density at radius 2 is 2.00 bits per heavy atom. The summed E-state index contributed by atoms with van der Waals surface area (Å²) in [5.74, 6) is -0.300. The van der Waals surface area contributed by atoms with E-state index in [-0.39, 0.29) is 23.7 Å². The SMILES string of the molecule is O=C(O)CCOc1ccc(S(=O)(=O)Nc2ccn[nH]2)cc1. The van der Waals surface area contributed by atoms with Gasteiger partial charge in [0.15, 0.2) is 0 Å². The summed E-state index contributed by atoms with van der Waals surface area (Å²) in [5.41, 5.74) is 0. The summed E-state index contributed by atoms with van der Waals surface area (Å²) in [6.45, 7) is 0.0217. The van der Waals surface area contributed by atoms with Gasteiger partial charge in [0, 0.05) is 6.07 Å². The van der Waals surface area contributed by atoms with Gasteiger partial charge in [0.2, 0.25) is 0 Å². The zero-order valence-corrected chi connectivity index (χ0v) is 11.6. The summed E-state index contributed by atoms with van der Waals surface area (Å²) in [7, 11) is -3.70. The third-order valence-corrected chi connectivity index (χ3v) is 3.85. The van der Waals surface area contributed by atoms with Crippen LogP contribution >= 0.6 is 0 Å². The Morgan fingerprint density at radius 3 is 2.57 bits per heavy atom. The highest BCUT2D eigenvalue weighted by molar-refractivity contribution is 7.92. The van der Waals surface area contributed by atoms with Gasteiger partial charge in [-0.1, -0.05) is 0 Å². The molecule has 1 aromatic heterocycles. The summed E-state index contributed by atoms with van der Waals surface area (Å²) in [5, 5.41) is 14.6. The van der Waals surface area contributed by atoms with Gasteiger partial charge in [0.1, 0.15) is 11.6 Å². The van der Waals surface area contributed by atoms with Crippen LogP contribution in [-0.2, 0) is 14.8 Å². The Bertz CT molecular complexity index is 695. The number of H-pyrrole nitrogens is 1. The number of hydrogen-bond acceptors (Lipinski definition) is 5. The Hall–Kier alpha value is -2.55. The lowest BCUT2D eigenvalue weighted by Crippen LogP contribution is -2.13. The minimum Gasteiger partial charge on any atom is -0.493 e. The molecule has 0 atom stereocenters. The molecule has 0 spiro atoms. The molecule has 0 radical (unpaired) electrons. The number of aromatic amines is 1. The first kappa shape index (κ1) is 14.9. The van der Waals surface area contributed by atoms with Crippen LogP contribution in [0.25, 0.3) is 0 Å². The van der Waals surface area contributed by atoms with Crippen molar-refractivity contribution in [3.8, 4) is 5.75 Å². The Labute approximate surface area is 120 Å². The van der Waals surface area contributed by atoms with Crippen LogP contribution in [0.5, 0.6) is 5.75 Å². The summed E-state index contributed by atoms with van der Waals surface area (Å²) in [6, 6.07) is 7.15. The predicted octanol–water partition coefficient (Wildman–Crippen LogP) is 1.06. The van der Waals surface area contributed by atoms with E-state index in [1.54, 1.807) is 0 Å². The lowest BCUT2D eigenvalue weighted by Gasteiger charge is -2.08. The fourth-order valence-corrected chi connectivity index (χ4v) is 2.50. The third kappa shape index (κ3) is 4.21. The second-order valence-electron chi connectivity index (χ2n) is 4.04. The van der Waals surface area contributed by atoms with Crippen molar-refractivity contribution < 1.29 is 23.1 Å². The van der Waals surface area contributed by atoms with Gasteiger partial charge < -0.3 is 9.84 Å². The molecule has 21 heavy (non-hydrogen) atoms. The molecule has 0 fully saturated rings. The molecule has 2 aromatic rings. The zero-order chi connectivity index (χ0) is 15.3. The highest BCUT2D eigenvalue weighted by Gasteiger charge is 2.14. The number of hydrogen-bond donors (Lipinski definition) is 3. The van der Waals surface area contributed by atoms with E-state index in [4.69, 9.17) is 9.84 Å². The molecule has 2 rings (SSSR count). The Balaban J connectivity index is 2.02. The number of carboxylic acids is 1. The number of sulfonamides is 1. The standard InChI is InChI=1S/C12H13N3O5S/c16-12(17)6-8-20-9-1-3-10(4-2-9)21(18,19)15-11-5-7-13-14-11/h1-5,7H,6,8H2,(H,16,17)(H2,13,14,15). The number of carboxylic acid groups (broad SMARTS) is 1. The van der Waals surface area contributed by atoms with Crippen LogP contribution in [0.3, 0.4) is 0 Å². The molecule has 0 amide bonds. The molecule has 0 saturated heterocycles. The number of aromatic nitrogens is 2. The van der Waals surface area contributed by atoms with Gasteiger partial charge in [0.25, 0.3) is 10.0 Å². The predicted molar refractivity (Wildman–Crippen MR) is 73.6 cm³/mol. The van der Waals surface area contributed by atoms with Crippen molar-refractivity contribution in [3.05, 3.63) is 36.5 Å². The van der Waals surface area contributed by atoms with Crippen LogP contribution < -0.4 is 9.46 Å². The number of aliphatic carboxylic acids is 1. The maximum atomic E-state index is 12.0. The minimum absolute atomic E-state index is 0.0217. The Kier molecular flexibility index (Phi) is 4.43. The van der Waals surface area contributed by atoms with Crippen molar-refractivity contribution in [1.29, 1.82) is 0 Å². The molecule has 0 saturated carbocycles. The average molecular weight is 311 g/mol. The number of rotatable bonds is 7. The fraction of sp³-hybridized carbons (Fsp3) is 0.167. The molecule has 1 aromatic carbocycles. The van der Waals surface area contributed by atoms with Crippen LogP contribution in [0.1, 0.15) is 6.42 Å². The first-order chi connectivity index (χ1) is 9.97. The van der Waals surface area contributed by atoms with Crippen molar-refractivity contribution >= 4 is 21.8 Å². The van der Waals surface area contributed by atoms with Crippen molar-refractivity contribution in [2.24, 2.45) is 0 Å². The average Bonchev–Trinajstić information content (AvgIpc) is 2.91. The molecular weight excluding hydrogens is 298 g/mol. The summed E-state index contributed by atoms with van der Waals surface area (Å²) < 4.78 is 31.6. The fourth-order valence-electron chi connectivity index (χ4n) is 1.49. The van der Waals surface area contributed by atoms with Gasteiger partial charge >= 0.3 is 5.97 Å². The van der Waals surface area contributed by atoms with E-state index >= 15 is 0 Å². The lowest BCUT2D eigenvalue weighted by molar-refractivity contribution is -0.137. The first-order valence-electron chi connectivity index (χ1n) is 5.94. The van der Waals surface area contributed by atoms with Crippen LogP contribution in [0, 0.1) is 0 Å². The molecule has 3 N–H and O–H groups in total. The van der Waals surface area contributed by atoms with Gasteiger partial charge in [0.05, 0.1) is 24.1 Å². The van der Waals surface area contributed by atoms with E-state index < -0.39 is 16.0 Å². The number of carbonyl (C=O) groups is 1. The van der Waals surface area contributed by atoms with E-state index in [0.717, 1.165) is 0 Å². The van der Waals surface area contributed by atoms with Gasteiger partial charge in [-0.3, -0.25) is 14.6 Å². The Morgan fingerprint density at radius 1 is 1.29 bits per heavy atom. The molecule has 0 aliphatic carbocycles. The van der Waals surface area contributed by atoms with E-state index in [1.165, 1.54) is 36.5 Å². The molecular formula is C12H13N3O5S. The van der Waals surface area contributed by atoms with Gasteiger partial charge in [-0.15, -0.1) is 0 Å². The van der Waals surface area contributed by atoms with Crippen molar-refractivity contribution in [2.75, 3.05) is 11.3 Å². The smallest absolute Gasteiger partial charge is 0.306 e. The number of nitrogens with one attached hydrogen (secondary N) is 2. The molecule has 9 heteroatoms. The zero-order valence-electron chi connectivity index (χ0n) is 10.8. The summed E-state index contributed by atoms with van der Waals surface area (Å²) in [6.07, 6.45) is 1.30. The molecule has 0 aliphatic heterocycles. The highest BCUT2D eigenvalue weighted by Crippen LogP contribution is 2.18. The maximum absolute atomic E-state index is 12.0. The number of anilines is 1. The summed E-state index contributed by atoms with van der Waals surface area (Å²) >= 11 is 0. The van der Waals surface area contributed by atoms with Crippen LogP contribution in [0.4, 0.5) is 5.82 Å². The van der Waals surface area contributed by atoms with Gasteiger partial charge in [-0.2, -0.15) is 5.10 Å². The molecule has 0 aliphatic rings. The molecule has 8 nitrogen and oxygen atoms in total. The molecule has 0 unspecified atom stereocenters. The normalized spacial score (nSPS) is 11.0. The minimum atomic E-state index is -3.70. The maximum Gasteiger partial charge on any atom is 0.306 e. The van der Waals surface area contributed by atoms with E-state index in [0.29, 0.717) is 5.75 Å². The first-order valence-corrected chi connectivity index (χ1v) is 7.42. The van der Waals surface area contributed by atoms with Crippen LogP contribution in [0.2, 0.25) is 0 Å². The van der Waals surface area contributed by atoms with Gasteiger partial charge in [-0.25, -0.2) is 8.42 Å². The van der Waals surface area contributed by atoms with E-state index in [1.807, 2.05) is 0 Å². The van der Waals surface area contributed by atoms with Crippen molar-refractivity contribution in [3.63, 3.8) is 0 Å². The summed E-state index contributed by atoms with van der Waals surface area (Å²) in [4.78, 5) is 10.4. The number of ether oxygens (including phenoxy) is 1. The van der Waals surface area contributed by atoms with Crippen LogP contribution in [-0.4, -0.2) is 36.3 Å². The lowest BCUT2D eigenvalue weighted by atomic mass is 10.3. The quantitative estimate of drug-likeness (QED) is 0.703. The number of nitrogens with zero attached hydrogens (tertiary/aromatic N) is 1. The van der Waals surface area contributed by atoms with Gasteiger partial charge in [-0.05, 0) is 24.3 Å². The van der Waals surface area contributed by atoms with Crippen molar-refractivity contribution in [2.45, 2.75) is 11.3 Å². The number of benzene rings is 1. The van der Waals surface area contributed by atoms with E-state index in [9.17, 15) is 13.2 Å². The molecule has 0 bridgehead atoms. The van der Waals surface area contributed by atoms with Crippen molar-refractivity contribution in [1.82, 2.24) is 10.2 Å². The monoisotopic (exact) mass is 311 g/mol. The third-order valence-electron chi connectivity index (χ3n) is 2.46. The molecule has 1 heterocycles. The second kappa shape index (κ2) is 6.27. The topological polar surface area (TPSA) is 121 Å².